The van der Waals surface area contributed by atoms with Crippen molar-refractivity contribution in [1.82, 2.24) is 0 Å². The number of anilines is 2. The second-order valence-corrected chi connectivity index (χ2v) is 6.54. The molecule has 2 aliphatic rings. The Kier molecular flexibility index (Phi) is 3.72. The lowest BCUT2D eigenvalue weighted by molar-refractivity contribution is -0.385. The molecule has 1 unspecified atom stereocenters. The summed E-state index contributed by atoms with van der Waals surface area (Å²) in [4.78, 5) is 39.4. The van der Waals surface area contributed by atoms with Crippen LogP contribution in [0.15, 0.2) is 42.5 Å². The van der Waals surface area contributed by atoms with Crippen LogP contribution in [0.2, 0.25) is 0 Å². The number of nitrogens with zero attached hydrogens (tertiary/aromatic N) is 3. The van der Waals surface area contributed by atoms with Gasteiger partial charge in [-0.15, -0.1) is 0 Å². The summed E-state index contributed by atoms with van der Waals surface area (Å²) in [6, 6.07) is 11.8. The molecule has 1 saturated heterocycles. The number of imide groups is 1. The van der Waals surface area contributed by atoms with Crippen LogP contribution >= 0.6 is 0 Å². The number of carbonyl (C=O) groups excluding carboxylic acids is 2. The van der Waals surface area contributed by atoms with E-state index in [0.29, 0.717) is 17.8 Å². The highest BCUT2D eigenvalue weighted by molar-refractivity contribution is 6.23. The van der Waals surface area contributed by atoms with Crippen molar-refractivity contribution < 1.29 is 14.5 Å². The minimum atomic E-state index is -0.565. The average Bonchev–Trinajstić information content (AvgIpc) is 3.16. The van der Waals surface area contributed by atoms with Gasteiger partial charge < -0.3 is 4.90 Å². The first-order valence-electron chi connectivity index (χ1n) is 8.44. The zero-order chi connectivity index (χ0) is 18.4. The number of fused-ring (bicyclic) bond motifs is 1. The molecule has 1 atom stereocenters. The number of hydrogen-bond acceptors (Lipinski definition) is 5. The smallest absolute Gasteiger partial charge is 0.274 e. The largest absolute Gasteiger partial charge is 0.359 e. The van der Waals surface area contributed by atoms with E-state index in [-0.39, 0.29) is 23.9 Å². The molecule has 0 aliphatic carbocycles. The Balaban J connectivity index is 1.70. The fraction of sp³-hybridized carbons (Fsp3) is 0.263. The van der Waals surface area contributed by atoms with Gasteiger partial charge in [0, 0.05) is 18.3 Å². The van der Waals surface area contributed by atoms with Gasteiger partial charge in [0.15, 0.2) is 0 Å². The molecule has 0 radical (unpaired) electrons. The molecule has 2 aliphatic heterocycles. The highest BCUT2D eigenvalue weighted by Gasteiger charge is 2.45. The molecule has 0 N–H and O–H groups in total. The van der Waals surface area contributed by atoms with E-state index in [1.807, 2.05) is 29.2 Å². The molecule has 2 aromatic rings. The molecular formula is C19H17N3O4. The van der Waals surface area contributed by atoms with Crippen molar-refractivity contribution in [3.8, 4) is 0 Å². The van der Waals surface area contributed by atoms with E-state index in [0.717, 1.165) is 22.6 Å². The van der Waals surface area contributed by atoms with Gasteiger partial charge in [-0.1, -0.05) is 24.3 Å². The van der Waals surface area contributed by atoms with Crippen molar-refractivity contribution in [3.63, 3.8) is 0 Å². The molecule has 0 saturated carbocycles. The number of carbonyl (C=O) groups is 2. The molecule has 7 nitrogen and oxygen atoms in total. The molecule has 132 valence electrons. The Hall–Kier alpha value is -3.22. The number of amides is 2. The monoisotopic (exact) mass is 351 g/mol. The fourth-order valence-electron chi connectivity index (χ4n) is 3.85. The Morgan fingerprint density at radius 1 is 1.08 bits per heavy atom. The summed E-state index contributed by atoms with van der Waals surface area (Å²) in [5.74, 6) is -0.650. The molecule has 0 aromatic heterocycles. The third kappa shape index (κ3) is 2.35. The summed E-state index contributed by atoms with van der Waals surface area (Å²) in [7, 11) is 0. The molecule has 0 spiro atoms. The lowest BCUT2D eigenvalue weighted by atomic mass is 10.1. The standard InChI is InChI=1S/C19H17N3O4/c1-12-14(7-4-8-15(12)22(25)26)21-18(23)11-17(19(21)24)20-10-9-13-5-2-3-6-16(13)20/h2-8,17H,9-11H2,1H3. The second-order valence-electron chi connectivity index (χ2n) is 6.54. The molecule has 26 heavy (non-hydrogen) atoms. The van der Waals surface area contributed by atoms with E-state index >= 15 is 0 Å². The Morgan fingerprint density at radius 3 is 2.58 bits per heavy atom. The number of nitro groups is 1. The van der Waals surface area contributed by atoms with E-state index in [2.05, 4.69) is 0 Å². The van der Waals surface area contributed by atoms with Crippen LogP contribution in [0, 0.1) is 17.0 Å². The highest BCUT2D eigenvalue weighted by Crippen LogP contribution is 2.36. The zero-order valence-corrected chi connectivity index (χ0v) is 14.2. The molecule has 4 rings (SSSR count). The van der Waals surface area contributed by atoms with Crippen molar-refractivity contribution in [2.24, 2.45) is 0 Å². The Morgan fingerprint density at radius 2 is 1.81 bits per heavy atom. The van der Waals surface area contributed by atoms with Crippen LogP contribution in [0.1, 0.15) is 17.5 Å². The van der Waals surface area contributed by atoms with Crippen LogP contribution in [-0.4, -0.2) is 29.3 Å². The summed E-state index contributed by atoms with van der Waals surface area (Å²) >= 11 is 0. The molecule has 1 fully saturated rings. The summed E-state index contributed by atoms with van der Waals surface area (Å²) in [6.07, 6.45) is 0.916. The first-order chi connectivity index (χ1) is 12.5. The maximum atomic E-state index is 13.0. The van der Waals surface area contributed by atoms with Crippen LogP contribution in [0.3, 0.4) is 0 Å². The van der Waals surface area contributed by atoms with Gasteiger partial charge in [-0.25, -0.2) is 4.90 Å². The predicted molar refractivity (Wildman–Crippen MR) is 96.2 cm³/mol. The van der Waals surface area contributed by atoms with E-state index < -0.39 is 11.0 Å². The fourth-order valence-corrected chi connectivity index (χ4v) is 3.85. The maximum absolute atomic E-state index is 13.0. The number of nitro benzene ring substituents is 1. The Bertz CT molecular complexity index is 940. The minimum absolute atomic E-state index is 0.0787. The minimum Gasteiger partial charge on any atom is -0.359 e. The van der Waals surface area contributed by atoms with E-state index in [1.165, 1.54) is 12.1 Å². The molecule has 0 bridgehead atoms. The number of rotatable bonds is 3. The first kappa shape index (κ1) is 16.3. The summed E-state index contributed by atoms with van der Waals surface area (Å²) < 4.78 is 0. The second kappa shape index (κ2) is 5.94. The maximum Gasteiger partial charge on any atom is 0.274 e. The molecule has 2 amide bonds. The lowest BCUT2D eigenvalue weighted by Gasteiger charge is -2.25. The topological polar surface area (TPSA) is 83.8 Å². The highest BCUT2D eigenvalue weighted by atomic mass is 16.6. The zero-order valence-electron chi connectivity index (χ0n) is 14.2. The lowest BCUT2D eigenvalue weighted by Crippen LogP contribution is -2.41. The normalized spacial score (nSPS) is 19.2. The van der Waals surface area contributed by atoms with Gasteiger partial charge >= 0.3 is 0 Å². The summed E-state index contributed by atoms with van der Waals surface area (Å²) in [5.41, 5.74) is 2.66. The van der Waals surface area contributed by atoms with E-state index in [4.69, 9.17) is 0 Å². The SMILES string of the molecule is Cc1c(N2C(=O)CC(N3CCc4ccccc43)C2=O)cccc1[N+](=O)[O-]. The van der Waals surface area contributed by atoms with Crippen LogP contribution < -0.4 is 9.80 Å². The molecule has 7 heteroatoms. The van der Waals surface area contributed by atoms with Gasteiger partial charge in [-0.3, -0.25) is 19.7 Å². The quantitative estimate of drug-likeness (QED) is 0.482. The van der Waals surface area contributed by atoms with Crippen molar-refractivity contribution in [2.45, 2.75) is 25.8 Å². The third-order valence-corrected chi connectivity index (χ3v) is 5.14. The van der Waals surface area contributed by atoms with Crippen LogP contribution in [-0.2, 0) is 16.0 Å². The van der Waals surface area contributed by atoms with Gasteiger partial charge in [-0.05, 0) is 31.0 Å². The van der Waals surface area contributed by atoms with Crippen molar-refractivity contribution in [1.29, 1.82) is 0 Å². The van der Waals surface area contributed by atoms with Crippen LogP contribution in [0.4, 0.5) is 17.1 Å². The number of para-hydroxylation sites is 1. The average molecular weight is 351 g/mol. The van der Waals surface area contributed by atoms with Crippen LogP contribution in [0.25, 0.3) is 0 Å². The van der Waals surface area contributed by atoms with E-state index in [1.54, 1.807) is 13.0 Å². The van der Waals surface area contributed by atoms with Gasteiger partial charge in [-0.2, -0.15) is 0 Å². The van der Waals surface area contributed by atoms with Gasteiger partial charge in [0.25, 0.3) is 11.6 Å². The molecule has 2 heterocycles. The molecular weight excluding hydrogens is 334 g/mol. The van der Waals surface area contributed by atoms with Crippen molar-refractivity contribution in [2.75, 3.05) is 16.3 Å². The van der Waals surface area contributed by atoms with Gasteiger partial charge in [0.05, 0.1) is 22.6 Å². The number of benzene rings is 2. The predicted octanol–water partition coefficient (Wildman–Crippen LogP) is 2.60. The summed E-state index contributed by atoms with van der Waals surface area (Å²) in [5, 5.41) is 11.2. The van der Waals surface area contributed by atoms with E-state index in [9.17, 15) is 19.7 Å². The van der Waals surface area contributed by atoms with Crippen molar-refractivity contribution >= 4 is 28.9 Å². The van der Waals surface area contributed by atoms with Gasteiger partial charge in [0.1, 0.15) is 6.04 Å². The summed E-state index contributed by atoms with van der Waals surface area (Å²) in [6.45, 7) is 2.25. The number of hydrogen-bond donors (Lipinski definition) is 0. The third-order valence-electron chi connectivity index (χ3n) is 5.14. The first-order valence-corrected chi connectivity index (χ1v) is 8.44. The molecule has 2 aromatic carbocycles. The van der Waals surface area contributed by atoms with Crippen LogP contribution in [0.5, 0.6) is 0 Å². The van der Waals surface area contributed by atoms with Gasteiger partial charge in [0.2, 0.25) is 5.91 Å². The Labute approximate surface area is 150 Å². The van der Waals surface area contributed by atoms with Crippen molar-refractivity contribution in [3.05, 3.63) is 63.7 Å².